The Bertz CT molecular complexity index is 891. The third-order valence-corrected chi connectivity index (χ3v) is 6.10. The molecule has 2 saturated heterocycles. The Morgan fingerprint density at radius 1 is 1.03 bits per heavy atom. The average molecular weight is 400 g/mol. The second kappa shape index (κ2) is 8.08. The van der Waals surface area contributed by atoms with Crippen molar-refractivity contribution >= 4 is 22.8 Å². The summed E-state index contributed by atoms with van der Waals surface area (Å²) in [6.45, 7) is 6.33. The van der Waals surface area contributed by atoms with E-state index in [0.717, 1.165) is 25.0 Å². The largest absolute Gasteiger partial charge is 0.388 e. The van der Waals surface area contributed by atoms with E-state index in [1.54, 1.807) is 25.1 Å². The summed E-state index contributed by atoms with van der Waals surface area (Å²) in [7, 11) is 0. The molecular weight excluding hydrogens is 372 g/mol. The molecule has 1 aromatic carbocycles. The van der Waals surface area contributed by atoms with Crippen LogP contribution in [-0.4, -0.2) is 98.4 Å². The molecule has 3 heterocycles. The van der Waals surface area contributed by atoms with E-state index in [1.165, 1.54) is 0 Å². The van der Waals surface area contributed by atoms with E-state index >= 15 is 0 Å². The zero-order valence-corrected chi connectivity index (χ0v) is 16.8. The molecule has 2 aromatic rings. The smallest absolute Gasteiger partial charge is 0.253 e. The van der Waals surface area contributed by atoms with Gasteiger partial charge in [0.05, 0.1) is 5.60 Å². The third kappa shape index (κ3) is 4.40. The number of nitrogens with zero attached hydrogens (tertiary/aromatic N) is 5. The fourth-order valence-electron chi connectivity index (χ4n) is 4.33. The number of carbonyl (C=O) groups excluding carboxylic acids is 2. The Hall–Kier alpha value is -2.52. The van der Waals surface area contributed by atoms with Gasteiger partial charge in [-0.1, -0.05) is 0 Å². The van der Waals surface area contributed by atoms with Crippen LogP contribution in [0.5, 0.6) is 0 Å². The van der Waals surface area contributed by atoms with E-state index in [4.69, 9.17) is 0 Å². The molecule has 2 N–H and O–H groups in total. The van der Waals surface area contributed by atoms with Crippen LogP contribution in [0.15, 0.2) is 18.2 Å². The predicted molar refractivity (Wildman–Crippen MR) is 107 cm³/mol. The molecule has 4 rings (SSSR count). The van der Waals surface area contributed by atoms with Crippen LogP contribution in [0.25, 0.3) is 11.0 Å². The van der Waals surface area contributed by atoms with Crippen molar-refractivity contribution in [2.75, 3.05) is 45.8 Å². The van der Waals surface area contributed by atoms with Crippen molar-refractivity contribution in [2.45, 2.75) is 31.8 Å². The van der Waals surface area contributed by atoms with E-state index < -0.39 is 5.60 Å². The van der Waals surface area contributed by atoms with E-state index in [0.29, 0.717) is 56.6 Å². The molecule has 156 valence electrons. The number of H-pyrrole nitrogens is 1. The van der Waals surface area contributed by atoms with Crippen LogP contribution in [0.3, 0.4) is 0 Å². The summed E-state index contributed by atoms with van der Waals surface area (Å²) in [5, 5.41) is 21.8. The highest BCUT2D eigenvalue weighted by molar-refractivity contribution is 5.97. The van der Waals surface area contributed by atoms with Gasteiger partial charge in [-0.25, -0.2) is 0 Å². The SMILES string of the molecule is CC(=O)N1CCN(CC2(O)CCCN(C(=O)c3ccc4n[nH]nc4c3)CC2)CC1. The van der Waals surface area contributed by atoms with Crippen LogP contribution >= 0.6 is 0 Å². The molecule has 29 heavy (non-hydrogen) atoms. The van der Waals surface area contributed by atoms with Crippen molar-refractivity contribution in [3.05, 3.63) is 23.8 Å². The number of aromatic nitrogens is 3. The maximum atomic E-state index is 13.0. The zero-order chi connectivity index (χ0) is 20.4. The molecule has 0 spiro atoms. The molecule has 0 bridgehead atoms. The number of aromatic amines is 1. The van der Waals surface area contributed by atoms with Gasteiger partial charge < -0.3 is 14.9 Å². The molecule has 9 heteroatoms. The number of β-amino-alcohol motifs (C(OH)–C–C–N with tert-alkyl or cyclic N) is 1. The molecule has 2 fully saturated rings. The number of hydrogen-bond acceptors (Lipinski definition) is 6. The number of fused-ring (bicyclic) bond motifs is 1. The molecule has 1 aromatic heterocycles. The van der Waals surface area contributed by atoms with E-state index in [-0.39, 0.29) is 11.8 Å². The molecule has 0 radical (unpaired) electrons. The average Bonchev–Trinajstić information content (AvgIpc) is 3.10. The first kappa shape index (κ1) is 19.8. The number of amides is 2. The summed E-state index contributed by atoms with van der Waals surface area (Å²) in [4.78, 5) is 30.4. The third-order valence-electron chi connectivity index (χ3n) is 6.10. The normalized spacial score (nSPS) is 23.9. The Kier molecular flexibility index (Phi) is 5.51. The molecule has 1 atom stereocenters. The van der Waals surface area contributed by atoms with E-state index in [9.17, 15) is 14.7 Å². The first-order valence-corrected chi connectivity index (χ1v) is 10.2. The molecule has 1 unspecified atom stereocenters. The lowest BCUT2D eigenvalue weighted by Crippen LogP contribution is -2.53. The van der Waals surface area contributed by atoms with Gasteiger partial charge >= 0.3 is 0 Å². The van der Waals surface area contributed by atoms with Gasteiger partial charge in [0.2, 0.25) is 5.91 Å². The highest BCUT2D eigenvalue weighted by Gasteiger charge is 2.34. The zero-order valence-electron chi connectivity index (χ0n) is 16.8. The number of rotatable bonds is 3. The number of benzene rings is 1. The summed E-state index contributed by atoms with van der Waals surface area (Å²) < 4.78 is 0. The Balaban J connectivity index is 1.35. The van der Waals surface area contributed by atoms with Gasteiger partial charge in [0.25, 0.3) is 5.91 Å². The fraction of sp³-hybridized carbons (Fsp3) is 0.600. The predicted octanol–water partition coefficient (Wildman–Crippen LogP) is 0.479. The van der Waals surface area contributed by atoms with E-state index in [2.05, 4.69) is 20.3 Å². The van der Waals surface area contributed by atoms with Gasteiger partial charge in [-0.3, -0.25) is 14.5 Å². The molecule has 0 aliphatic carbocycles. The lowest BCUT2D eigenvalue weighted by atomic mass is 9.94. The Morgan fingerprint density at radius 3 is 2.55 bits per heavy atom. The number of nitrogens with one attached hydrogen (secondary N) is 1. The second-order valence-electron chi connectivity index (χ2n) is 8.18. The number of likely N-dealkylation sites (tertiary alicyclic amines) is 1. The van der Waals surface area contributed by atoms with Gasteiger partial charge in [0.15, 0.2) is 0 Å². The fourth-order valence-corrected chi connectivity index (χ4v) is 4.33. The first-order valence-electron chi connectivity index (χ1n) is 10.2. The molecule has 2 aliphatic heterocycles. The first-order chi connectivity index (χ1) is 13.9. The summed E-state index contributed by atoms with van der Waals surface area (Å²) in [5.41, 5.74) is 1.20. The molecule has 9 nitrogen and oxygen atoms in total. The second-order valence-corrected chi connectivity index (χ2v) is 8.18. The summed E-state index contributed by atoms with van der Waals surface area (Å²) in [6.07, 6.45) is 1.99. The van der Waals surface area contributed by atoms with Crippen LogP contribution in [0.2, 0.25) is 0 Å². The summed E-state index contributed by atoms with van der Waals surface area (Å²) in [6, 6.07) is 5.33. The summed E-state index contributed by atoms with van der Waals surface area (Å²) >= 11 is 0. The maximum Gasteiger partial charge on any atom is 0.253 e. The number of hydrogen-bond donors (Lipinski definition) is 2. The topological polar surface area (TPSA) is 106 Å². The molecule has 2 amide bonds. The van der Waals surface area contributed by atoms with Crippen LogP contribution in [0.1, 0.15) is 36.5 Å². The lowest BCUT2D eigenvalue weighted by Gasteiger charge is -2.39. The highest BCUT2D eigenvalue weighted by atomic mass is 16.3. The van der Waals surface area contributed by atoms with Crippen molar-refractivity contribution < 1.29 is 14.7 Å². The van der Waals surface area contributed by atoms with Crippen LogP contribution in [-0.2, 0) is 4.79 Å². The van der Waals surface area contributed by atoms with Crippen LogP contribution < -0.4 is 0 Å². The highest BCUT2D eigenvalue weighted by Crippen LogP contribution is 2.25. The number of aliphatic hydroxyl groups is 1. The van der Waals surface area contributed by atoms with Crippen molar-refractivity contribution in [3.8, 4) is 0 Å². The molecule has 2 aliphatic rings. The van der Waals surface area contributed by atoms with Gasteiger partial charge in [-0.2, -0.15) is 15.4 Å². The van der Waals surface area contributed by atoms with Gasteiger partial charge in [0.1, 0.15) is 11.0 Å². The number of carbonyl (C=O) groups is 2. The Morgan fingerprint density at radius 2 is 1.79 bits per heavy atom. The lowest BCUT2D eigenvalue weighted by molar-refractivity contribution is -0.131. The minimum Gasteiger partial charge on any atom is -0.388 e. The van der Waals surface area contributed by atoms with Crippen molar-refractivity contribution in [3.63, 3.8) is 0 Å². The number of piperazine rings is 1. The minimum absolute atomic E-state index is 0.0331. The standard InChI is InChI=1S/C20H28N6O3/c1-15(27)25-11-9-24(10-12-25)14-20(29)5-2-7-26(8-6-20)19(28)16-3-4-17-18(13-16)22-23-21-17/h3-4,13,29H,2,5-12,14H2,1H3,(H,21,22,23). The monoisotopic (exact) mass is 400 g/mol. The maximum absolute atomic E-state index is 13.0. The molecular formula is C20H28N6O3. The van der Waals surface area contributed by atoms with Gasteiger partial charge in [-0.15, -0.1) is 0 Å². The van der Waals surface area contributed by atoms with Crippen molar-refractivity contribution in [1.82, 2.24) is 30.1 Å². The Labute approximate surface area is 169 Å². The quantitative estimate of drug-likeness (QED) is 0.776. The van der Waals surface area contributed by atoms with E-state index in [1.807, 2.05) is 9.80 Å². The van der Waals surface area contributed by atoms with Gasteiger partial charge in [-0.05, 0) is 37.5 Å². The summed E-state index contributed by atoms with van der Waals surface area (Å²) in [5.74, 6) is 0.0741. The minimum atomic E-state index is -0.802. The van der Waals surface area contributed by atoms with Crippen LogP contribution in [0.4, 0.5) is 0 Å². The molecule has 0 saturated carbocycles. The van der Waals surface area contributed by atoms with Crippen molar-refractivity contribution in [1.29, 1.82) is 0 Å². The van der Waals surface area contributed by atoms with Crippen LogP contribution in [0, 0.1) is 0 Å². The van der Waals surface area contributed by atoms with Gasteiger partial charge in [0, 0.05) is 58.3 Å². The van der Waals surface area contributed by atoms with Crippen molar-refractivity contribution in [2.24, 2.45) is 0 Å².